The highest BCUT2D eigenvalue weighted by molar-refractivity contribution is 5.78. The first kappa shape index (κ1) is 15.8. The van der Waals surface area contributed by atoms with Crippen LogP contribution in [0, 0.1) is 0 Å². The Morgan fingerprint density at radius 2 is 2.09 bits per heavy atom. The van der Waals surface area contributed by atoms with Crippen molar-refractivity contribution in [3.8, 4) is 11.5 Å². The molecule has 1 N–H and O–H groups in total. The molecule has 1 atom stereocenters. The molecule has 1 heterocycles. The molecule has 0 bridgehead atoms. The van der Waals surface area contributed by atoms with Gasteiger partial charge in [0.2, 0.25) is 0 Å². The lowest BCUT2D eigenvalue weighted by molar-refractivity contribution is -0.123. The second-order valence-electron chi connectivity index (χ2n) is 4.70. The van der Waals surface area contributed by atoms with Crippen LogP contribution in [-0.4, -0.2) is 34.4 Å². The van der Waals surface area contributed by atoms with Gasteiger partial charge in [0, 0.05) is 6.54 Å². The summed E-state index contributed by atoms with van der Waals surface area (Å²) in [5.41, 5.74) is 0. The molecule has 2 aromatic rings. The second kappa shape index (κ2) is 7.44. The third kappa shape index (κ3) is 3.75. The molecule has 7 heteroatoms. The minimum absolute atomic E-state index is 0.0923. The van der Waals surface area contributed by atoms with Crippen molar-refractivity contribution < 1.29 is 14.3 Å². The summed E-state index contributed by atoms with van der Waals surface area (Å²) in [5.74, 6) is 1.61. The maximum atomic E-state index is 12.0. The Morgan fingerprint density at radius 1 is 1.36 bits per heavy atom. The van der Waals surface area contributed by atoms with E-state index < -0.39 is 0 Å². The number of rotatable bonds is 7. The van der Waals surface area contributed by atoms with Crippen LogP contribution in [0.5, 0.6) is 11.5 Å². The molecular weight excluding hydrogens is 284 g/mol. The Hall–Kier alpha value is -2.57. The zero-order valence-corrected chi connectivity index (χ0v) is 12.9. The third-order valence-electron chi connectivity index (χ3n) is 3.18. The average Bonchev–Trinajstić information content (AvgIpc) is 3.01. The van der Waals surface area contributed by atoms with Crippen molar-refractivity contribution in [1.29, 1.82) is 0 Å². The van der Waals surface area contributed by atoms with Crippen molar-refractivity contribution >= 4 is 5.91 Å². The number of carbonyl (C=O) groups excluding carboxylic acids is 1. The van der Waals surface area contributed by atoms with E-state index in [0.717, 1.165) is 6.54 Å². The summed E-state index contributed by atoms with van der Waals surface area (Å²) in [6.07, 6.45) is 1.64. The predicted molar refractivity (Wildman–Crippen MR) is 80.7 cm³/mol. The Kier molecular flexibility index (Phi) is 5.35. The zero-order valence-electron chi connectivity index (χ0n) is 12.9. The molecule has 0 spiro atoms. The summed E-state index contributed by atoms with van der Waals surface area (Å²) in [5, 5.41) is 10.7. The molecule has 22 heavy (non-hydrogen) atoms. The maximum Gasteiger partial charge on any atom is 0.258 e. The summed E-state index contributed by atoms with van der Waals surface area (Å²) < 4.78 is 12.5. The number of benzene rings is 1. The zero-order chi connectivity index (χ0) is 15.9. The summed E-state index contributed by atoms with van der Waals surface area (Å²) in [7, 11) is 1.56. The van der Waals surface area contributed by atoms with Gasteiger partial charge in [0.1, 0.15) is 6.33 Å². The van der Waals surface area contributed by atoms with Crippen molar-refractivity contribution in [1.82, 2.24) is 20.1 Å². The highest BCUT2D eigenvalue weighted by Gasteiger charge is 2.15. The van der Waals surface area contributed by atoms with Crippen LogP contribution >= 0.6 is 0 Å². The van der Waals surface area contributed by atoms with Gasteiger partial charge in [-0.25, -0.2) is 0 Å². The second-order valence-corrected chi connectivity index (χ2v) is 4.70. The first-order valence-electron chi connectivity index (χ1n) is 7.08. The Labute approximate surface area is 129 Å². The number of hydrogen-bond donors (Lipinski definition) is 1. The first-order chi connectivity index (χ1) is 10.7. The molecule has 0 saturated heterocycles. The third-order valence-corrected chi connectivity index (χ3v) is 3.18. The molecular formula is C15H20N4O3. The van der Waals surface area contributed by atoms with E-state index in [1.165, 1.54) is 0 Å². The largest absolute Gasteiger partial charge is 0.493 e. The SMILES string of the molecule is CCn1cnnc1[C@@H](C)NC(=O)COc1ccccc1OC. The number of aryl methyl sites for hydroxylation is 1. The lowest BCUT2D eigenvalue weighted by Crippen LogP contribution is -2.32. The first-order valence-corrected chi connectivity index (χ1v) is 7.08. The van der Waals surface area contributed by atoms with E-state index in [1.807, 2.05) is 30.5 Å². The van der Waals surface area contributed by atoms with Crippen molar-refractivity contribution in [2.45, 2.75) is 26.4 Å². The van der Waals surface area contributed by atoms with Gasteiger partial charge in [-0.3, -0.25) is 4.79 Å². The summed E-state index contributed by atoms with van der Waals surface area (Å²) in [6.45, 7) is 4.51. The van der Waals surface area contributed by atoms with Gasteiger partial charge in [0.15, 0.2) is 23.9 Å². The molecule has 1 amide bonds. The number of hydrogen-bond acceptors (Lipinski definition) is 5. The summed E-state index contributed by atoms with van der Waals surface area (Å²) in [6, 6.07) is 6.95. The van der Waals surface area contributed by atoms with Gasteiger partial charge in [0.05, 0.1) is 13.2 Å². The normalized spacial score (nSPS) is 11.8. The molecule has 7 nitrogen and oxygen atoms in total. The minimum atomic E-state index is -0.240. The van der Waals surface area contributed by atoms with Crippen LogP contribution in [-0.2, 0) is 11.3 Å². The minimum Gasteiger partial charge on any atom is -0.493 e. The monoisotopic (exact) mass is 304 g/mol. The smallest absolute Gasteiger partial charge is 0.258 e. The van der Waals surface area contributed by atoms with Gasteiger partial charge >= 0.3 is 0 Å². The van der Waals surface area contributed by atoms with E-state index in [2.05, 4.69) is 15.5 Å². The fraction of sp³-hybridized carbons (Fsp3) is 0.400. The fourth-order valence-corrected chi connectivity index (χ4v) is 2.07. The Balaban J connectivity index is 1.90. The van der Waals surface area contributed by atoms with Gasteiger partial charge in [-0.1, -0.05) is 12.1 Å². The summed E-state index contributed by atoms with van der Waals surface area (Å²) >= 11 is 0. The fourth-order valence-electron chi connectivity index (χ4n) is 2.07. The summed E-state index contributed by atoms with van der Waals surface area (Å²) in [4.78, 5) is 12.0. The van der Waals surface area contributed by atoms with E-state index in [1.54, 1.807) is 25.6 Å². The van der Waals surface area contributed by atoms with Crippen molar-refractivity contribution in [2.24, 2.45) is 0 Å². The topological polar surface area (TPSA) is 78.3 Å². The van der Waals surface area contributed by atoms with Crippen LogP contribution in [0.3, 0.4) is 0 Å². The van der Waals surface area contributed by atoms with E-state index in [9.17, 15) is 4.79 Å². The van der Waals surface area contributed by atoms with Crippen molar-refractivity contribution in [3.05, 3.63) is 36.4 Å². The van der Waals surface area contributed by atoms with Crippen molar-refractivity contribution in [3.63, 3.8) is 0 Å². The lowest BCUT2D eigenvalue weighted by atomic mass is 10.3. The van der Waals surface area contributed by atoms with Crippen LogP contribution in [0.2, 0.25) is 0 Å². The number of nitrogens with zero attached hydrogens (tertiary/aromatic N) is 3. The van der Waals surface area contributed by atoms with E-state index in [4.69, 9.17) is 9.47 Å². The number of nitrogens with one attached hydrogen (secondary N) is 1. The van der Waals surface area contributed by atoms with Crippen LogP contribution in [0.1, 0.15) is 25.7 Å². The lowest BCUT2D eigenvalue weighted by Gasteiger charge is -2.15. The molecule has 1 aromatic carbocycles. The van der Waals surface area contributed by atoms with Crippen molar-refractivity contribution in [2.75, 3.05) is 13.7 Å². The molecule has 0 fully saturated rings. The quantitative estimate of drug-likeness (QED) is 0.840. The molecule has 0 aliphatic rings. The number of amides is 1. The van der Waals surface area contributed by atoms with Gasteiger partial charge in [-0.2, -0.15) is 0 Å². The number of aromatic nitrogens is 3. The van der Waals surface area contributed by atoms with Gasteiger partial charge in [-0.15, -0.1) is 10.2 Å². The molecule has 0 aliphatic carbocycles. The predicted octanol–water partition coefficient (Wildman–Crippen LogP) is 1.56. The number of para-hydroxylation sites is 2. The molecule has 0 saturated carbocycles. The molecule has 1 aromatic heterocycles. The molecule has 0 unspecified atom stereocenters. The highest BCUT2D eigenvalue weighted by Crippen LogP contribution is 2.25. The van der Waals surface area contributed by atoms with E-state index in [0.29, 0.717) is 17.3 Å². The highest BCUT2D eigenvalue weighted by atomic mass is 16.5. The molecule has 0 aliphatic heterocycles. The Morgan fingerprint density at radius 3 is 2.77 bits per heavy atom. The van der Waals surface area contributed by atoms with Gasteiger partial charge in [-0.05, 0) is 26.0 Å². The molecule has 118 valence electrons. The number of ether oxygens (including phenoxy) is 2. The van der Waals surface area contributed by atoms with E-state index in [-0.39, 0.29) is 18.6 Å². The van der Waals surface area contributed by atoms with E-state index >= 15 is 0 Å². The standard InChI is InChI=1S/C15H20N4O3/c1-4-19-10-16-18-15(19)11(2)17-14(20)9-22-13-8-6-5-7-12(13)21-3/h5-8,10-11H,4,9H2,1-3H3,(H,17,20)/t11-/m1/s1. The number of methoxy groups -OCH3 is 1. The van der Waals surface area contributed by atoms with Crippen LogP contribution in [0.4, 0.5) is 0 Å². The molecule has 2 rings (SSSR count). The molecule has 0 radical (unpaired) electrons. The Bertz CT molecular complexity index is 627. The van der Waals surface area contributed by atoms with Crippen LogP contribution in [0.25, 0.3) is 0 Å². The number of carbonyl (C=O) groups is 1. The van der Waals surface area contributed by atoms with Crippen LogP contribution in [0.15, 0.2) is 30.6 Å². The van der Waals surface area contributed by atoms with Gasteiger partial charge < -0.3 is 19.4 Å². The van der Waals surface area contributed by atoms with Crippen LogP contribution < -0.4 is 14.8 Å². The maximum absolute atomic E-state index is 12.0. The van der Waals surface area contributed by atoms with Gasteiger partial charge in [0.25, 0.3) is 5.91 Å². The average molecular weight is 304 g/mol.